The maximum atomic E-state index is 10.4. The molecule has 0 radical (unpaired) electrons. The van der Waals surface area contributed by atoms with Crippen LogP contribution in [0.2, 0.25) is 0 Å². The fraction of sp³-hybridized carbons (Fsp3) is 1.00. The molecule has 0 amide bonds. The molecule has 0 aliphatic heterocycles. The third-order valence-corrected chi connectivity index (χ3v) is 4.11. The van der Waals surface area contributed by atoms with Crippen LogP contribution in [0.15, 0.2) is 0 Å². The normalized spacial score (nSPS) is 11.9. The predicted molar refractivity (Wildman–Crippen MR) is 66.0 cm³/mol. The number of rotatable bonds is 6. The van der Waals surface area contributed by atoms with Gasteiger partial charge in [-0.3, -0.25) is 0 Å². The minimum absolute atomic E-state index is 0. The molecule has 15 heavy (non-hydrogen) atoms. The van der Waals surface area contributed by atoms with Gasteiger partial charge in [0.2, 0.25) is 0 Å². The summed E-state index contributed by atoms with van der Waals surface area (Å²) >= 11 is 0. The van der Waals surface area contributed by atoms with Crippen LogP contribution in [-0.2, 0) is 4.57 Å². The van der Waals surface area contributed by atoms with Gasteiger partial charge in [0.15, 0.2) is 5.66 Å². The van der Waals surface area contributed by atoms with Crippen LogP contribution in [0.3, 0.4) is 0 Å². The molecule has 0 bridgehead atoms. The summed E-state index contributed by atoms with van der Waals surface area (Å²) < 4.78 is 10.4. The quantitative estimate of drug-likeness (QED) is 0.512. The molecule has 0 heterocycles. The van der Waals surface area contributed by atoms with Gasteiger partial charge in [0, 0.05) is 0 Å². The molecular formula is C10H24NaO2P2+. The fourth-order valence-corrected chi connectivity index (χ4v) is 2.31. The Morgan fingerprint density at radius 3 is 1.73 bits per heavy atom. The van der Waals surface area contributed by atoms with Crippen molar-refractivity contribution in [3.05, 3.63) is 0 Å². The summed E-state index contributed by atoms with van der Waals surface area (Å²) in [5, 5.41) is 0. The molecule has 0 N–H and O–H groups in total. The molecule has 2 nitrogen and oxygen atoms in total. The van der Waals surface area contributed by atoms with Gasteiger partial charge in [-0.1, -0.05) is 38.7 Å². The van der Waals surface area contributed by atoms with Gasteiger partial charge >= 0.3 is 37.6 Å². The summed E-state index contributed by atoms with van der Waals surface area (Å²) in [6.45, 7) is 8.36. The molecule has 0 fully saturated rings. The summed E-state index contributed by atoms with van der Waals surface area (Å²) in [5.74, 6) is 0. The van der Waals surface area contributed by atoms with Crippen LogP contribution in [-0.4, -0.2) is 18.0 Å². The van der Waals surface area contributed by atoms with Crippen molar-refractivity contribution >= 4 is 16.6 Å². The van der Waals surface area contributed by atoms with E-state index in [0.29, 0.717) is 0 Å². The van der Waals surface area contributed by atoms with Crippen molar-refractivity contribution in [2.24, 2.45) is 0 Å². The Hall–Kier alpha value is 1.49. The Morgan fingerprint density at radius 1 is 1.20 bits per heavy atom. The second-order valence-electron chi connectivity index (χ2n) is 3.09. The van der Waals surface area contributed by atoms with Gasteiger partial charge in [0.1, 0.15) is 0 Å². The standard InChI is InChI=1S/C6H13O2P.C4H11P.Na/c1-3-5-6(4-2)9(7)8;1-3-5-4-2;/h6H,3-5H2,1-2H3;5H,3-4H2,1-2H3;/q;;+1. The molecule has 0 aromatic heterocycles. The summed E-state index contributed by atoms with van der Waals surface area (Å²) in [6.07, 6.45) is 5.27. The molecule has 0 spiro atoms. The van der Waals surface area contributed by atoms with E-state index in [4.69, 9.17) is 0 Å². The van der Waals surface area contributed by atoms with Crippen molar-refractivity contribution in [1.82, 2.24) is 0 Å². The molecule has 0 aliphatic carbocycles. The second-order valence-corrected chi connectivity index (χ2v) is 6.31. The Labute approximate surface area is 120 Å². The molecule has 0 rings (SSSR count). The predicted octanol–water partition coefficient (Wildman–Crippen LogP) is 0.377. The third-order valence-electron chi connectivity index (χ3n) is 1.89. The molecule has 5 heteroatoms. The van der Waals surface area contributed by atoms with Crippen molar-refractivity contribution < 1.29 is 39.0 Å². The SMILES string of the molecule is CCCC(CC)[P+](=O)[O-].CCPCC.[Na+]. The summed E-state index contributed by atoms with van der Waals surface area (Å²) in [4.78, 5) is 10.4. The summed E-state index contributed by atoms with van der Waals surface area (Å²) in [6, 6.07) is 0. The van der Waals surface area contributed by atoms with Crippen LogP contribution in [0.1, 0.15) is 47.0 Å². The van der Waals surface area contributed by atoms with E-state index in [1.165, 1.54) is 20.9 Å². The van der Waals surface area contributed by atoms with Crippen LogP contribution >= 0.6 is 16.6 Å². The van der Waals surface area contributed by atoms with Crippen molar-refractivity contribution in [3.8, 4) is 0 Å². The van der Waals surface area contributed by atoms with Crippen molar-refractivity contribution in [3.63, 3.8) is 0 Å². The van der Waals surface area contributed by atoms with Crippen molar-refractivity contribution in [2.75, 3.05) is 12.3 Å². The third kappa shape index (κ3) is 18.1. The van der Waals surface area contributed by atoms with E-state index in [2.05, 4.69) is 13.8 Å². The van der Waals surface area contributed by atoms with Crippen LogP contribution in [0.4, 0.5) is 0 Å². The molecule has 0 aromatic carbocycles. The van der Waals surface area contributed by atoms with Gasteiger partial charge in [0.25, 0.3) is 0 Å². The molecule has 0 aromatic rings. The van der Waals surface area contributed by atoms with Gasteiger partial charge in [-0.25, -0.2) is 0 Å². The minimum Gasteiger partial charge on any atom is -0.595 e. The van der Waals surface area contributed by atoms with Gasteiger partial charge in [-0.2, -0.15) is 0 Å². The first-order chi connectivity index (χ1) is 6.63. The first-order valence-electron chi connectivity index (χ1n) is 5.48. The number of hydrogen-bond acceptors (Lipinski definition) is 2. The van der Waals surface area contributed by atoms with Crippen molar-refractivity contribution in [2.45, 2.75) is 52.6 Å². The average molecular weight is 261 g/mol. The fourth-order valence-electron chi connectivity index (χ4n) is 1.04. The van der Waals surface area contributed by atoms with E-state index in [9.17, 15) is 9.46 Å². The Morgan fingerprint density at radius 2 is 1.67 bits per heavy atom. The van der Waals surface area contributed by atoms with E-state index in [1.54, 1.807) is 0 Å². The largest absolute Gasteiger partial charge is 1.00 e. The van der Waals surface area contributed by atoms with E-state index >= 15 is 0 Å². The first-order valence-corrected chi connectivity index (χ1v) is 8.14. The molecule has 0 aliphatic rings. The Balaban J connectivity index is -0.000000208. The van der Waals surface area contributed by atoms with Gasteiger partial charge < -0.3 is 4.89 Å². The van der Waals surface area contributed by atoms with Crippen LogP contribution in [0.5, 0.6) is 0 Å². The van der Waals surface area contributed by atoms with E-state index in [-0.39, 0.29) is 35.2 Å². The Bertz CT molecular complexity index is 133. The van der Waals surface area contributed by atoms with E-state index in [1.807, 2.05) is 13.8 Å². The maximum absolute atomic E-state index is 10.4. The molecule has 2 unspecified atom stereocenters. The van der Waals surface area contributed by atoms with Crippen LogP contribution in [0, 0.1) is 0 Å². The average Bonchev–Trinajstić information content (AvgIpc) is 2.16. The first kappa shape index (κ1) is 21.7. The van der Waals surface area contributed by atoms with Crippen LogP contribution in [0.25, 0.3) is 0 Å². The van der Waals surface area contributed by atoms with Gasteiger partial charge in [-0.15, -0.1) is 8.58 Å². The molecule has 86 valence electrons. The van der Waals surface area contributed by atoms with E-state index in [0.717, 1.165) is 19.3 Å². The zero-order valence-corrected chi connectivity index (χ0v) is 14.8. The van der Waals surface area contributed by atoms with E-state index < -0.39 is 8.03 Å². The van der Waals surface area contributed by atoms with Crippen LogP contribution < -0.4 is 34.5 Å². The molecule has 0 saturated carbocycles. The number of hydrogen-bond donors (Lipinski definition) is 0. The second kappa shape index (κ2) is 17.9. The smallest absolute Gasteiger partial charge is 0.595 e. The summed E-state index contributed by atoms with van der Waals surface area (Å²) in [7, 11) is -0.972. The summed E-state index contributed by atoms with van der Waals surface area (Å²) in [5.41, 5.74) is -0.0787. The van der Waals surface area contributed by atoms with Gasteiger partial charge in [0.05, 0.1) is 0 Å². The maximum Gasteiger partial charge on any atom is 1.00 e. The molecule has 0 saturated heterocycles. The van der Waals surface area contributed by atoms with Gasteiger partial charge in [-0.05, 0) is 25.2 Å². The Kier molecular flexibility index (Phi) is 25.9. The monoisotopic (exact) mass is 261 g/mol. The van der Waals surface area contributed by atoms with Crippen molar-refractivity contribution in [1.29, 1.82) is 0 Å². The molecular weight excluding hydrogens is 237 g/mol. The zero-order valence-electron chi connectivity index (χ0n) is 10.9. The minimum atomic E-state index is -2.17. The topological polar surface area (TPSA) is 40.1 Å². The zero-order chi connectivity index (χ0) is 11.4. The molecule has 2 atom stereocenters.